The van der Waals surface area contributed by atoms with Crippen LogP contribution in [0.3, 0.4) is 0 Å². The van der Waals surface area contributed by atoms with Gasteiger partial charge >= 0.3 is 0 Å². The molecular weight excluding hydrogens is 332 g/mol. The highest BCUT2D eigenvalue weighted by atomic mass is 16.6. The first-order valence-corrected chi connectivity index (χ1v) is 11.3. The molecule has 0 aromatic rings. The number of nitrogens with zero attached hydrogens (tertiary/aromatic N) is 2. The molecule has 0 aromatic heterocycles. The third kappa shape index (κ3) is 7.71. The standard InChI is InChI=1S/C24H44N2O/c1-7-11-13-16-24(15-9-3,23-18-22(10-4)20-27-25-23)19-21(5)26(6)17-14-12-8-2/h14,17,22H,5,7-13,15-16,18-20H2,1-4,6H3/b17-14-. The predicted molar refractivity (Wildman–Crippen MR) is 119 cm³/mol. The molecule has 0 bridgehead atoms. The van der Waals surface area contributed by atoms with E-state index in [1.54, 1.807) is 0 Å². The van der Waals surface area contributed by atoms with E-state index in [1.165, 1.54) is 56.4 Å². The van der Waals surface area contributed by atoms with Crippen molar-refractivity contribution in [2.45, 2.75) is 98.3 Å². The van der Waals surface area contributed by atoms with Gasteiger partial charge in [0, 0.05) is 24.1 Å². The topological polar surface area (TPSA) is 24.8 Å². The van der Waals surface area contributed by atoms with Gasteiger partial charge in [0.05, 0.1) is 5.71 Å². The fraction of sp³-hybridized carbons (Fsp3) is 0.792. The molecule has 3 heteroatoms. The highest BCUT2D eigenvalue weighted by molar-refractivity contribution is 5.90. The maximum atomic E-state index is 5.70. The van der Waals surface area contributed by atoms with E-state index in [-0.39, 0.29) is 5.41 Å². The Labute approximate surface area is 168 Å². The van der Waals surface area contributed by atoms with Crippen molar-refractivity contribution < 1.29 is 4.84 Å². The molecule has 3 nitrogen and oxygen atoms in total. The van der Waals surface area contributed by atoms with Gasteiger partial charge in [0.15, 0.2) is 0 Å². The molecule has 0 saturated carbocycles. The van der Waals surface area contributed by atoms with Crippen molar-refractivity contribution in [1.82, 2.24) is 4.90 Å². The Bertz CT molecular complexity index is 483. The Balaban J connectivity index is 3.03. The monoisotopic (exact) mass is 376 g/mol. The van der Waals surface area contributed by atoms with Crippen LogP contribution < -0.4 is 0 Å². The third-order valence-electron chi connectivity index (χ3n) is 5.97. The maximum absolute atomic E-state index is 5.70. The highest BCUT2D eigenvalue weighted by Gasteiger charge is 2.38. The summed E-state index contributed by atoms with van der Waals surface area (Å²) < 4.78 is 0. The first-order chi connectivity index (χ1) is 13.0. The first-order valence-electron chi connectivity index (χ1n) is 11.3. The molecule has 0 N–H and O–H groups in total. The average Bonchev–Trinajstić information content (AvgIpc) is 2.68. The second-order valence-corrected chi connectivity index (χ2v) is 8.33. The average molecular weight is 377 g/mol. The van der Waals surface area contributed by atoms with E-state index in [0.717, 1.165) is 32.3 Å². The Morgan fingerprint density at radius 3 is 2.59 bits per heavy atom. The van der Waals surface area contributed by atoms with E-state index in [1.807, 2.05) is 0 Å². The number of oxime groups is 1. The quantitative estimate of drug-likeness (QED) is 0.297. The van der Waals surface area contributed by atoms with E-state index in [0.29, 0.717) is 5.92 Å². The van der Waals surface area contributed by atoms with Crippen molar-refractivity contribution in [3.05, 3.63) is 24.6 Å². The van der Waals surface area contributed by atoms with E-state index in [9.17, 15) is 0 Å². The first kappa shape index (κ1) is 23.8. The van der Waals surface area contributed by atoms with Crippen LogP contribution in [-0.2, 0) is 4.84 Å². The molecule has 156 valence electrons. The largest absolute Gasteiger partial charge is 0.396 e. The minimum absolute atomic E-state index is 0.0989. The maximum Gasteiger partial charge on any atom is 0.120 e. The van der Waals surface area contributed by atoms with Crippen molar-refractivity contribution in [2.75, 3.05) is 13.7 Å². The van der Waals surface area contributed by atoms with Crippen LogP contribution >= 0.6 is 0 Å². The van der Waals surface area contributed by atoms with Crippen LogP contribution in [0.15, 0.2) is 29.7 Å². The number of hydrogen-bond donors (Lipinski definition) is 0. The van der Waals surface area contributed by atoms with Crippen LogP contribution in [0, 0.1) is 11.3 Å². The number of rotatable bonds is 14. The van der Waals surface area contributed by atoms with Gasteiger partial charge in [-0.25, -0.2) is 0 Å². The van der Waals surface area contributed by atoms with Gasteiger partial charge in [-0.2, -0.15) is 0 Å². The zero-order valence-electron chi connectivity index (χ0n) is 18.7. The van der Waals surface area contributed by atoms with Crippen LogP contribution in [0.4, 0.5) is 0 Å². The molecular formula is C24H44N2O. The van der Waals surface area contributed by atoms with Crippen molar-refractivity contribution in [1.29, 1.82) is 0 Å². The van der Waals surface area contributed by atoms with Gasteiger partial charge < -0.3 is 9.74 Å². The van der Waals surface area contributed by atoms with Crippen molar-refractivity contribution in [3.63, 3.8) is 0 Å². The molecule has 0 amide bonds. The minimum Gasteiger partial charge on any atom is -0.396 e. The Kier molecular flexibility index (Phi) is 11.5. The van der Waals surface area contributed by atoms with Crippen LogP contribution in [0.1, 0.15) is 98.3 Å². The number of allylic oxidation sites excluding steroid dienone is 2. The zero-order chi connectivity index (χ0) is 20.1. The SMILES string of the molecule is C=C(CC(CCC)(CCCCC)C1=NOCC(CC)C1)N(C)/C=C\CCC. The predicted octanol–water partition coefficient (Wildman–Crippen LogP) is 7.31. The van der Waals surface area contributed by atoms with Gasteiger partial charge in [-0.3, -0.25) is 0 Å². The lowest BCUT2D eigenvalue weighted by Crippen LogP contribution is -2.37. The van der Waals surface area contributed by atoms with Gasteiger partial charge in [0.25, 0.3) is 0 Å². The normalized spacial score (nSPS) is 19.4. The van der Waals surface area contributed by atoms with Crippen LogP contribution in [-0.4, -0.2) is 24.3 Å². The summed E-state index contributed by atoms with van der Waals surface area (Å²) in [5, 5.41) is 4.62. The van der Waals surface area contributed by atoms with Gasteiger partial charge in [-0.15, -0.1) is 0 Å². The molecule has 1 heterocycles. The summed E-state index contributed by atoms with van der Waals surface area (Å²) in [7, 11) is 2.13. The molecule has 0 radical (unpaired) electrons. The fourth-order valence-electron chi connectivity index (χ4n) is 4.07. The molecule has 0 fully saturated rings. The lowest BCUT2D eigenvalue weighted by molar-refractivity contribution is 0.0838. The molecule has 1 aliphatic heterocycles. The van der Waals surface area contributed by atoms with Crippen LogP contribution in [0.2, 0.25) is 0 Å². The molecule has 1 aliphatic rings. The zero-order valence-corrected chi connectivity index (χ0v) is 18.7. The summed E-state index contributed by atoms with van der Waals surface area (Å²) in [5.41, 5.74) is 2.58. The Morgan fingerprint density at radius 1 is 1.19 bits per heavy atom. The van der Waals surface area contributed by atoms with E-state index >= 15 is 0 Å². The second-order valence-electron chi connectivity index (χ2n) is 8.33. The number of unbranched alkanes of at least 4 members (excludes halogenated alkanes) is 3. The van der Waals surface area contributed by atoms with E-state index in [2.05, 4.69) is 63.7 Å². The lowest BCUT2D eigenvalue weighted by atomic mass is 9.69. The van der Waals surface area contributed by atoms with Crippen molar-refractivity contribution in [3.8, 4) is 0 Å². The summed E-state index contributed by atoms with van der Waals surface area (Å²) >= 11 is 0. The Morgan fingerprint density at radius 2 is 1.96 bits per heavy atom. The van der Waals surface area contributed by atoms with Gasteiger partial charge in [-0.05, 0) is 44.7 Å². The molecule has 1 rings (SSSR count). The van der Waals surface area contributed by atoms with E-state index < -0.39 is 0 Å². The van der Waals surface area contributed by atoms with Gasteiger partial charge in [0.1, 0.15) is 6.61 Å². The summed E-state index contributed by atoms with van der Waals surface area (Å²) in [6.07, 6.45) is 17.3. The van der Waals surface area contributed by atoms with Crippen LogP contribution in [0.25, 0.3) is 0 Å². The third-order valence-corrected chi connectivity index (χ3v) is 5.97. The van der Waals surface area contributed by atoms with Crippen LogP contribution in [0.5, 0.6) is 0 Å². The van der Waals surface area contributed by atoms with Gasteiger partial charge in [-0.1, -0.05) is 77.6 Å². The number of hydrogen-bond acceptors (Lipinski definition) is 3. The van der Waals surface area contributed by atoms with Gasteiger partial charge in [0.2, 0.25) is 0 Å². The molecule has 0 aromatic carbocycles. The second kappa shape index (κ2) is 13.0. The summed E-state index contributed by atoms with van der Waals surface area (Å²) in [6, 6.07) is 0. The lowest BCUT2D eigenvalue weighted by Gasteiger charge is -2.39. The minimum atomic E-state index is 0.0989. The Hall–Kier alpha value is -1.25. The van der Waals surface area contributed by atoms with E-state index in [4.69, 9.17) is 4.84 Å². The summed E-state index contributed by atoms with van der Waals surface area (Å²) in [6.45, 7) is 14.3. The smallest absolute Gasteiger partial charge is 0.120 e. The summed E-state index contributed by atoms with van der Waals surface area (Å²) in [5.74, 6) is 0.607. The molecule has 27 heavy (non-hydrogen) atoms. The fourth-order valence-corrected chi connectivity index (χ4v) is 4.07. The molecule has 0 spiro atoms. The highest BCUT2D eigenvalue weighted by Crippen LogP contribution is 2.42. The molecule has 0 aliphatic carbocycles. The van der Waals surface area contributed by atoms with Crippen molar-refractivity contribution >= 4 is 5.71 Å². The summed E-state index contributed by atoms with van der Waals surface area (Å²) in [4.78, 5) is 7.91. The molecule has 2 atom stereocenters. The molecule has 0 saturated heterocycles. The molecule has 2 unspecified atom stereocenters. The van der Waals surface area contributed by atoms with Crippen molar-refractivity contribution in [2.24, 2.45) is 16.5 Å².